The van der Waals surface area contributed by atoms with Crippen molar-refractivity contribution in [3.05, 3.63) is 71.3 Å². The molecule has 0 spiro atoms. The van der Waals surface area contributed by atoms with E-state index in [9.17, 15) is 9.59 Å². The summed E-state index contributed by atoms with van der Waals surface area (Å²) >= 11 is 0. The second kappa shape index (κ2) is 10.1. The molecule has 3 rings (SSSR count). The number of rotatable bonds is 6. The number of hydrogen-bond acceptors (Lipinski definition) is 3. The largest absolute Gasteiger partial charge is 0.349 e. The molecular weight excluding hydrogens is 364 g/mol. The zero-order valence-electron chi connectivity index (χ0n) is 17.2. The summed E-state index contributed by atoms with van der Waals surface area (Å²) in [6, 6.07) is 17.5. The van der Waals surface area contributed by atoms with E-state index < -0.39 is 0 Å². The van der Waals surface area contributed by atoms with Crippen molar-refractivity contribution in [2.24, 2.45) is 0 Å². The molecule has 0 saturated carbocycles. The Morgan fingerprint density at radius 3 is 2.24 bits per heavy atom. The molecule has 29 heavy (non-hydrogen) atoms. The van der Waals surface area contributed by atoms with E-state index in [1.165, 1.54) is 5.56 Å². The summed E-state index contributed by atoms with van der Waals surface area (Å²) in [6.07, 6.45) is 1.53. The van der Waals surface area contributed by atoms with Gasteiger partial charge in [0.05, 0.1) is 0 Å². The highest BCUT2D eigenvalue weighted by Gasteiger charge is 2.24. The Bertz CT molecular complexity index is 815. The van der Waals surface area contributed by atoms with Crippen LogP contribution in [0.25, 0.3) is 0 Å². The van der Waals surface area contributed by atoms with Crippen LogP contribution in [-0.4, -0.2) is 55.0 Å². The molecule has 0 aliphatic carbocycles. The number of nitrogens with one attached hydrogen (secondary N) is 2. The second-order valence-corrected chi connectivity index (χ2v) is 7.77. The highest BCUT2D eigenvalue weighted by atomic mass is 16.2. The molecule has 2 aromatic carbocycles. The van der Waals surface area contributed by atoms with E-state index in [1.807, 2.05) is 61.5 Å². The summed E-state index contributed by atoms with van der Waals surface area (Å²) in [7, 11) is 4.08. The number of carbonyl (C=O) groups excluding carboxylic acids is 2. The lowest BCUT2D eigenvalue weighted by Crippen LogP contribution is -2.49. The van der Waals surface area contributed by atoms with Gasteiger partial charge in [-0.05, 0) is 50.2 Å². The lowest BCUT2D eigenvalue weighted by molar-refractivity contribution is 0.0918. The Labute approximate surface area is 172 Å². The quantitative estimate of drug-likeness (QED) is 0.792. The average molecular weight is 395 g/mol. The number of hydrogen-bond donors (Lipinski definition) is 2. The normalized spacial score (nSPS) is 14.7. The maximum atomic E-state index is 12.6. The van der Waals surface area contributed by atoms with Gasteiger partial charge in [-0.2, -0.15) is 0 Å². The first-order valence-electron chi connectivity index (χ1n) is 10.1. The number of carbonyl (C=O) groups is 2. The van der Waals surface area contributed by atoms with Gasteiger partial charge in [-0.3, -0.25) is 4.79 Å². The SMILES string of the molecule is CN(C)Cc1ccccc1CNC(=O)N1CCC(NC(=O)c2ccccc2)CC1. The molecule has 154 valence electrons. The highest BCUT2D eigenvalue weighted by molar-refractivity contribution is 5.94. The number of nitrogens with zero attached hydrogens (tertiary/aromatic N) is 2. The van der Waals surface area contributed by atoms with Gasteiger partial charge in [-0.15, -0.1) is 0 Å². The summed E-state index contributed by atoms with van der Waals surface area (Å²) in [5, 5.41) is 6.12. The molecule has 0 radical (unpaired) electrons. The van der Waals surface area contributed by atoms with E-state index in [0.717, 1.165) is 24.9 Å². The molecule has 3 amide bonds. The van der Waals surface area contributed by atoms with Crippen LogP contribution in [0.3, 0.4) is 0 Å². The van der Waals surface area contributed by atoms with E-state index in [-0.39, 0.29) is 18.0 Å². The van der Waals surface area contributed by atoms with Crippen molar-refractivity contribution in [1.29, 1.82) is 0 Å². The Morgan fingerprint density at radius 2 is 1.59 bits per heavy atom. The van der Waals surface area contributed by atoms with Crippen molar-refractivity contribution in [2.75, 3.05) is 27.2 Å². The topological polar surface area (TPSA) is 64.7 Å². The molecule has 2 N–H and O–H groups in total. The molecule has 1 aliphatic rings. The van der Waals surface area contributed by atoms with Gasteiger partial charge in [0.1, 0.15) is 0 Å². The third kappa shape index (κ3) is 6.06. The van der Waals surface area contributed by atoms with Crippen LogP contribution >= 0.6 is 0 Å². The maximum absolute atomic E-state index is 12.6. The van der Waals surface area contributed by atoms with E-state index in [1.54, 1.807) is 0 Å². The first kappa shape index (κ1) is 20.9. The van der Waals surface area contributed by atoms with E-state index in [2.05, 4.69) is 27.7 Å². The minimum Gasteiger partial charge on any atom is -0.349 e. The maximum Gasteiger partial charge on any atom is 0.317 e. The van der Waals surface area contributed by atoms with Gasteiger partial charge in [0, 0.05) is 37.8 Å². The number of urea groups is 1. The molecule has 1 aliphatic heterocycles. The van der Waals surface area contributed by atoms with Crippen molar-refractivity contribution in [2.45, 2.75) is 32.0 Å². The van der Waals surface area contributed by atoms with Crippen molar-refractivity contribution in [1.82, 2.24) is 20.4 Å². The molecule has 2 aromatic rings. The fourth-order valence-corrected chi connectivity index (χ4v) is 3.59. The third-order valence-corrected chi connectivity index (χ3v) is 5.19. The lowest BCUT2D eigenvalue weighted by Gasteiger charge is -2.32. The third-order valence-electron chi connectivity index (χ3n) is 5.19. The molecule has 1 saturated heterocycles. The van der Waals surface area contributed by atoms with Crippen molar-refractivity contribution in [3.63, 3.8) is 0 Å². The van der Waals surface area contributed by atoms with E-state index in [4.69, 9.17) is 0 Å². The monoisotopic (exact) mass is 394 g/mol. The molecule has 0 bridgehead atoms. The van der Waals surface area contributed by atoms with E-state index in [0.29, 0.717) is 25.2 Å². The Balaban J connectivity index is 1.45. The summed E-state index contributed by atoms with van der Waals surface area (Å²) in [6.45, 7) is 2.65. The first-order valence-corrected chi connectivity index (χ1v) is 10.1. The predicted molar refractivity (Wildman–Crippen MR) is 115 cm³/mol. The molecule has 0 atom stereocenters. The molecule has 6 heteroatoms. The number of benzene rings is 2. The van der Waals surface area contributed by atoms with Gasteiger partial charge >= 0.3 is 6.03 Å². The van der Waals surface area contributed by atoms with E-state index >= 15 is 0 Å². The van der Waals surface area contributed by atoms with Crippen molar-refractivity contribution >= 4 is 11.9 Å². The van der Waals surface area contributed by atoms with Crippen LogP contribution in [0.4, 0.5) is 4.79 Å². The summed E-state index contributed by atoms with van der Waals surface area (Å²) in [5.41, 5.74) is 3.03. The van der Waals surface area contributed by atoms with Gasteiger partial charge < -0.3 is 20.4 Å². The molecule has 0 aromatic heterocycles. The molecule has 1 heterocycles. The molecule has 1 fully saturated rings. The minimum atomic E-state index is -0.0500. The smallest absolute Gasteiger partial charge is 0.317 e. The van der Waals surface area contributed by atoms with Gasteiger partial charge in [-0.1, -0.05) is 42.5 Å². The fourth-order valence-electron chi connectivity index (χ4n) is 3.59. The average Bonchev–Trinajstić information content (AvgIpc) is 2.73. The van der Waals surface area contributed by atoms with Crippen LogP contribution in [0.1, 0.15) is 34.3 Å². The number of likely N-dealkylation sites (tertiary alicyclic amines) is 1. The highest BCUT2D eigenvalue weighted by Crippen LogP contribution is 2.13. The molecule has 0 unspecified atom stereocenters. The Hall–Kier alpha value is -2.86. The Kier molecular flexibility index (Phi) is 7.25. The number of amides is 3. The van der Waals surface area contributed by atoms with Crippen LogP contribution in [0.5, 0.6) is 0 Å². The van der Waals surface area contributed by atoms with Crippen molar-refractivity contribution in [3.8, 4) is 0 Å². The van der Waals surface area contributed by atoms with Gasteiger partial charge in [-0.25, -0.2) is 4.79 Å². The summed E-state index contributed by atoms with van der Waals surface area (Å²) in [5.74, 6) is -0.0500. The van der Waals surface area contributed by atoms with Crippen LogP contribution in [0, 0.1) is 0 Å². The van der Waals surface area contributed by atoms with Gasteiger partial charge in [0.25, 0.3) is 5.91 Å². The zero-order chi connectivity index (χ0) is 20.6. The number of piperidine rings is 1. The standard InChI is InChI=1S/C23H30N4O2/c1-26(2)17-20-11-7-6-10-19(20)16-24-23(29)27-14-12-21(13-15-27)25-22(28)18-8-4-3-5-9-18/h3-11,21H,12-17H2,1-2H3,(H,24,29)(H,25,28). The zero-order valence-corrected chi connectivity index (χ0v) is 17.2. The van der Waals surface area contributed by atoms with Gasteiger partial charge in [0.15, 0.2) is 0 Å². The molecular formula is C23H30N4O2. The van der Waals surface area contributed by atoms with Crippen LogP contribution in [-0.2, 0) is 13.1 Å². The van der Waals surface area contributed by atoms with Gasteiger partial charge in [0.2, 0.25) is 0 Å². The fraction of sp³-hybridized carbons (Fsp3) is 0.391. The second-order valence-electron chi connectivity index (χ2n) is 7.77. The Morgan fingerprint density at radius 1 is 0.966 bits per heavy atom. The first-order chi connectivity index (χ1) is 14.0. The summed E-state index contributed by atoms with van der Waals surface area (Å²) in [4.78, 5) is 28.8. The van der Waals surface area contributed by atoms with Crippen LogP contribution in [0.15, 0.2) is 54.6 Å². The van der Waals surface area contributed by atoms with Crippen LogP contribution < -0.4 is 10.6 Å². The minimum absolute atomic E-state index is 0.0440. The van der Waals surface area contributed by atoms with Crippen LogP contribution in [0.2, 0.25) is 0 Å². The predicted octanol–water partition coefficient (Wildman–Crippen LogP) is 2.85. The molecule has 6 nitrogen and oxygen atoms in total. The van der Waals surface area contributed by atoms with Crippen molar-refractivity contribution < 1.29 is 9.59 Å². The summed E-state index contributed by atoms with van der Waals surface area (Å²) < 4.78 is 0. The lowest BCUT2D eigenvalue weighted by atomic mass is 10.0.